The van der Waals surface area contributed by atoms with Crippen molar-refractivity contribution in [3.63, 3.8) is 0 Å². The Hall–Kier alpha value is -3.31. The second-order valence-corrected chi connectivity index (χ2v) is 9.22. The molecule has 8 nitrogen and oxygen atoms in total. The van der Waals surface area contributed by atoms with Crippen molar-refractivity contribution >= 4 is 57.0 Å². The highest BCUT2D eigenvalue weighted by Crippen LogP contribution is 2.26. The molecule has 1 fully saturated rings. The van der Waals surface area contributed by atoms with Crippen molar-refractivity contribution in [3.05, 3.63) is 72.7 Å². The lowest BCUT2D eigenvalue weighted by Crippen LogP contribution is -2.42. The summed E-state index contributed by atoms with van der Waals surface area (Å²) in [5.74, 6) is 1.59. The van der Waals surface area contributed by atoms with Gasteiger partial charge in [-0.2, -0.15) is 0 Å². The Labute approximate surface area is 205 Å². The molecule has 3 aromatic heterocycles. The molecule has 0 unspecified atom stereocenters. The first kappa shape index (κ1) is 21.5. The van der Waals surface area contributed by atoms with Crippen LogP contribution in [0.5, 0.6) is 0 Å². The van der Waals surface area contributed by atoms with Gasteiger partial charge in [0.05, 0.1) is 0 Å². The van der Waals surface area contributed by atoms with Crippen LogP contribution in [-0.4, -0.2) is 50.2 Å². The van der Waals surface area contributed by atoms with E-state index in [2.05, 4.69) is 57.2 Å². The van der Waals surface area contributed by atoms with Crippen LogP contribution in [0, 0.1) is 0 Å². The lowest BCUT2D eigenvalue weighted by atomic mass is 10.0. The van der Waals surface area contributed by atoms with Gasteiger partial charge in [0.1, 0.15) is 17.5 Å². The fraction of sp³-hybridized carbons (Fsp3) is 0.167. The summed E-state index contributed by atoms with van der Waals surface area (Å²) in [7, 11) is 0. The van der Waals surface area contributed by atoms with Crippen molar-refractivity contribution in [2.45, 2.75) is 0 Å². The van der Waals surface area contributed by atoms with Crippen molar-refractivity contribution in [2.75, 3.05) is 42.1 Å². The molecule has 9 heteroatoms. The minimum Gasteiger partial charge on any atom is -0.384 e. The van der Waals surface area contributed by atoms with Crippen molar-refractivity contribution in [1.29, 1.82) is 0 Å². The summed E-state index contributed by atoms with van der Waals surface area (Å²) in [5, 5.41) is 4.88. The van der Waals surface area contributed by atoms with Gasteiger partial charge in [0, 0.05) is 84.1 Å². The quantitative estimate of drug-likeness (QED) is 0.292. The van der Waals surface area contributed by atoms with Crippen LogP contribution in [0.1, 0.15) is 10.4 Å². The molecule has 166 valence electrons. The van der Waals surface area contributed by atoms with Crippen LogP contribution >= 0.6 is 22.9 Å². The number of fused-ring (bicyclic) bond motifs is 1. The molecule has 0 spiro atoms. The standard InChI is InChI=1S/C24H22IN7O/c25-32-9-7-31(8-10-32)23-13-17(5-6-27-23)24(33)30-22-12-20-11-16(1-2-19(20)15-29-22)18-3-4-21(26)28-14-18/h1-6,11-15H,7-10H2,(H2,26,28)(H,29,30,33). The summed E-state index contributed by atoms with van der Waals surface area (Å²) in [6.45, 7) is 3.71. The lowest BCUT2D eigenvalue weighted by Gasteiger charge is -2.32. The SMILES string of the molecule is Nc1ccc(-c2ccc3cnc(NC(=O)c4ccnc(N5CCN(I)CC5)c4)cc3c2)cn1. The molecular weight excluding hydrogens is 529 g/mol. The maximum absolute atomic E-state index is 12.9. The van der Waals surface area contributed by atoms with E-state index < -0.39 is 0 Å². The van der Waals surface area contributed by atoms with Gasteiger partial charge in [-0.1, -0.05) is 12.1 Å². The third kappa shape index (κ3) is 4.88. The number of hydrogen-bond donors (Lipinski definition) is 2. The average molecular weight is 551 g/mol. The monoisotopic (exact) mass is 551 g/mol. The zero-order chi connectivity index (χ0) is 22.8. The number of pyridine rings is 3. The number of carbonyl (C=O) groups excluding carboxylic acids is 1. The Kier molecular flexibility index (Phi) is 6.05. The Morgan fingerprint density at radius 2 is 1.70 bits per heavy atom. The number of amides is 1. The van der Waals surface area contributed by atoms with E-state index in [4.69, 9.17) is 5.73 Å². The third-order valence-electron chi connectivity index (χ3n) is 5.64. The van der Waals surface area contributed by atoms with E-state index in [0.717, 1.165) is 53.9 Å². The number of carbonyl (C=O) groups is 1. The molecule has 33 heavy (non-hydrogen) atoms. The summed E-state index contributed by atoms with van der Waals surface area (Å²) >= 11 is 2.34. The molecule has 3 N–H and O–H groups in total. The van der Waals surface area contributed by atoms with E-state index >= 15 is 0 Å². The molecule has 1 aromatic carbocycles. The molecular formula is C24H22IN7O. The topological polar surface area (TPSA) is 100 Å². The molecule has 0 aliphatic carbocycles. The van der Waals surface area contributed by atoms with Gasteiger partial charge in [-0.05, 0) is 47.3 Å². The molecule has 1 saturated heterocycles. The van der Waals surface area contributed by atoms with Gasteiger partial charge in [0.15, 0.2) is 0 Å². The number of halogens is 1. The van der Waals surface area contributed by atoms with Crippen LogP contribution in [0.4, 0.5) is 17.5 Å². The summed E-state index contributed by atoms with van der Waals surface area (Å²) < 4.78 is 2.26. The smallest absolute Gasteiger partial charge is 0.257 e. The minimum atomic E-state index is -0.211. The molecule has 1 aliphatic heterocycles. The van der Waals surface area contributed by atoms with E-state index in [9.17, 15) is 4.79 Å². The molecule has 1 amide bonds. The zero-order valence-corrected chi connectivity index (χ0v) is 19.9. The van der Waals surface area contributed by atoms with Crippen LogP contribution in [0.3, 0.4) is 0 Å². The van der Waals surface area contributed by atoms with E-state index in [1.807, 2.05) is 30.3 Å². The second-order valence-electron chi connectivity index (χ2n) is 7.86. The van der Waals surface area contributed by atoms with Gasteiger partial charge in [-0.15, -0.1) is 0 Å². The fourth-order valence-corrected chi connectivity index (χ4v) is 4.23. The average Bonchev–Trinajstić information content (AvgIpc) is 2.84. The van der Waals surface area contributed by atoms with Gasteiger partial charge >= 0.3 is 0 Å². The Bertz CT molecular complexity index is 1300. The number of hydrogen-bond acceptors (Lipinski definition) is 7. The normalized spacial score (nSPS) is 14.4. The molecule has 0 saturated carbocycles. The van der Waals surface area contributed by atoms with Crippen LogP contribution in [0.15, 0.2) is 67.1 Å². The van der Waals surface area contributed by atoms with Crippen molar-refractivity contribution in [2.24, 2.45) is 0 Å². The molecule has 1 aliphatic rings. The molecule has 0 bridgehead atoms. The lowest BCUT2D eigenvalue weighted by molar-refractivity contribution is 0.102. The van der Waals surface area contributed by atoms with Crippen LogP contribution in [0.25, 0.3) is 21.9 Å². The molecule has 4 aromatic rings. The number of rotatable bonds is 4. The maximum Gasteiger partial charge on any atom is 0.257 e. The first-order chi connectivity index (χ1) is 16.0. The molecule has 5 rings (SSSR count). The predicted octanol–water partition coefficient (Wildman–Crippen LogP) is 4.00. The largest absolute Gasteiger partial charge is 0.384 e. The summed E-state index contributed by atoms with van der Waals surface area (Å²) in [4.78, 5) is 28.2. The summed E-state index contributed by atoms with van der Waals surface area (Å²) in [6.07, 6.45) is 5.19. The van der Waals surface area contributed by atoms with Gasteiger partial charge < -0.3 is 16.0 Å². The highest BCUT2D eigenvalue weighted by molar-refractivity contribution is 14.1. The molecule has 0 radical (unpaired) electrons. The predicted molar refractivity (Wildman–Crippen MR) is 139 cm³/mol. The van der Waals surface area contributed by atoms with Gasteiger partial charge in [-0.25, -0.2) is 18.1 Å². The van der Waals surface area contributed by atoms with Gasteiger partial charge in [0.2, 0.25) is 0 Å². The van der Waals surface area contributed by atoms with Crippen molar-refractivity contribution < 1.29 is 4.79 Å². The van der Waals surface area contributed by atoms with E-state index in [1.165, 1.54) is 0 Å². The number of nitrogens with two attached hydrogens (primary N) is 1. The number of nitrogens with one attached hydrogen (secondary N) is 1. The second kappa shape index (κ2) is 9.28. The first-order valence-electron chi connectivity index (χ1n) is 10.6. The third-order valence-corrected chi connectivity index (χ3v) is 6.60. The highest BCUT2D eigenvalue weighted by atomic mass is 127. The first-order valence-corrected chi connectivity index (χ1v) is 11.6. The summed E-state index contributed by atoms with van der Waals surface area (Å²) in [6, 6.07) is 15.2. The van der Waals surface area contributed by atoms with Crippen LogP contribution < -0.4 is 16.0 Å². The van der Waals surface area contributed by atoms with E-state index in [-0.39, 0.29) is 5.91 Å². The van der Waals surface area contributed by atoms with Crippen molar-refractivity contribution in [1.82, 2.24) is 18.1 Å². The molecule has 4 heterocycles. The van der Waals surface area contributed by atoms with Crippen molar-refractivity contribution in [3.8, 4) is 11.1 Å². The highest BCUT2D eigenvalue weighted by Gasteiger charge is 2.17. The maximum atomic E-state index is 12.9. The number of piperazine rings is 1. The fourth-order valence-electron chi connectivity index (χ4n) is 3.80. The number of anilines is 3. The number of nitrogens with zero attached hydrogens (tertiary/aromatic N) is 5. The van der Waals surface area contributed by atoms with Gasteiger partial charge in [-0.3, -0.25) is 4.79 Å². The van der Waals surface area contributed by atoms with Crippen LogP contribution in [0.2, 0.25) is 0 Å². The Morgan fingerprint density at radius 1 is 0.879 bits per heavy atom. The van der Waals surface area contributed by atoms with Gasteiger partial charge in [0.25, 0.3) is 5.91 Å². The Balaban J connectivity index is 1.36. The number of nitrogen functional groups attached to an aromatic ring is 1. The minimum absolute atomic E-state index is 0.211. The number of benzene rings is 1. The zero-order valence-electron chi connectivity index (χ0n) is 17.8. The summed E-state index contributed by atoms with van der Waals surface area (Å²) in [5.41, 5.74) is 8.25. The van der Waals surface area contributed by atoms with Crippen LogP contribution in [-0.2, 0) is 0 Å². The van der Waals surface area contributed by atoms with E-state index in [1.54, 1.807) is 30.7 Å². The van der Waals surface area contributed by atoms with E-state index in [0.29, 0.717) is 17.2 Å². The number of aromatic nitrogens is 3. The molecule has 0 atom stereocenters. The Morgan fingerprint density at radius 3 is 2.48 bits per heavy atom.